The number of phenolic OH excluding ortho intramolecular Hbond substituents is 1. The minimum atomic E-state index is -2.65. The Morgan fingerprint density at radius 2 is 1.68 bits per heavy atom. The minimum Gasteiger partial charge on any atom is -0.508 e. The van der Waals surface area contributed by atoms with Crippen molar-refractivity contribution in [1.29, 1.82) is 0 Å². The van der Waals surface area contributed by atoms with Crippen molar-refractivity contribution in [1.82, 2.24) is 0 Å². The average molecular weight is 413 g/mol. The molecule has 0 aliphatic carbocycles. The van der Waals surface area contributed by atoms with Crippen molar-refractivity contribution in [2.45, 2.75) is 53.0 Å². The zero-order chi connectivity index (χ0) is 20.5. The fourth-order valence-corrected chi connectivity index (χ4v) is 5.98. The Balaban J connectivity index is 1.95. The van der Waals surface area contributed by atoms with Crippen LogP contribution in [0.1, 0.15) is 46.1 Å². The average Bonchev–Trinajstić information content (AvgIpc) is 2.64. The summed E-state index contributed by atoms with van der Waals surface area (Å²) in [6.45, 7) is 11.9. The summed E-state index contributed by atoms with van der Waals surface area (Å²) in [5.41, 5.74) is 1.01. The molecule has 0 amide bonds. The highest BCUT2D eigenvalue weighted by Crippen LogP contribution is 2.33. The molecule has 0 saturated carbocycles. The minimum absolute atomic E-state index is 0.135. The lowest BCUT2D eigenvalue weighted by atomic mass is 9.84. The fraction of sp³-hybridized carbons (Fsp3) is 0.714. The first-order valence-electron chi connectivity index (χ1n) is 10.5. The summed E-state index contributed by atoms with van der Waals surface area (Å²) in [7, 11) is -2.65. The standard InChI is InChI=1S/C21H36O6Si/c1-5-21(15-23-16-21)17-24-19-11-12-20(22)18(14-19)10-9-13-28(25-6-2,26-7-3)27-8-4/h11-12,14,22H,5-10,13,15-17H2,1-4H3. The van der Waals surface area contributed by atoms with Crippen LogP contribution in [0.3, 0.4) is 0 Å². The molecule has 0 unspecified atom stereocenters. The van der Waals surface area contributed by atoms with E-state index in [2.05, 4.69) is 6.92 Å². The van der Waals surface area contributed by atoms with Gasteiger partial charge in [0.15, 0.2) is 0 Å². The van der Waals surface area contributed by atoms with E-state index in [4.69, 9.17) is 22.8 Å². The number of aryl methyl sites for hydroxylation is 1. The highest BCUT2D eigenvalue weighted by Gasteiger charge is 2.40. The van der Waals surface area contributed by atoms with E-state index in [1.807, 2.05) is 32.9 Å². The second-order valence-electron chi connectivity index (χ2n) is 7.26. The van der Waals surface area contributed by atoms with Crippen molar-refractivity contribution >= 4 is 8.80 Å². The molecule has 28 heavy (non-hydrogen) atoms. The second kappa shape index (κ2) is 11.2. The first-order valence-corrected chi connectivity index (χ1v) is 12.4. The summed E-state index contributed by atoms with van der Waals surface area (Å²) in [5, 5.41) is 10.2. The Labute approximate surface area is 170 Å². The van der Waals surface area contributed by atoms with Gasteiger partial charge in [-0.25, -0.2) is 0 Å². The van der Waals surface area contributed by atoms with Gasteiger partial charge in [0.1, 0.15) is 11.5 Å². The maximum atomic E-state index is 10.2. The van der Waals surface area contributed by atoms with Crippen LogP contribution in [0.4, 0.5) is 0 Å². The quantitative estimate of drug-likeness (QED) is 0.463. The second-order valence-corrected chi connectivity index (χ2v) is 9.99. The van der Waals surface area contributed by atoms with Gasteiger partial charge in [0.05, 0.1) is 25.2 Å². The third-order valence-corrected chi connectivity index (χ3v) is 8.34. The molecule has 1 heterocycles. The van der Waals surface area contributed by atoms with Crippen LogP contribution in [0.15, 0.2) is 18.2 Å². The molecule has 0 atom stereocenters. The van der Waals surface area contributed by atoms with Gasteiger partial charge in [0.2, 0.25) is 0 Å². The van der Waals surface area contributed by atoms with E-state index >= 15 is 0 Å². The molecule has 7 heteroatoms. The van der Waals surface area contributed by atoms with Gasteiger partial charge in [-0.2, -0.15) is 0 Å². The molecule has 0 spiro atoms. The molecule has 1 N–H and O–H groups in total. The smallest absolute Gasteiger partial charge is 0.500 e. The largest absolute Gasteiger partial charge is 0.508 e. The number of aromatic hydroxyl groups is 1. The van der Waals surface area contributed by atoms with Crippen molar-refractivity contribution < 1.29 is 27.9 Å². The lowest BCUT2D eigenvalue weighted by Crippen LogP contribution is -2.46. The van der Waals surface area contributed by atoms with Crippen molar-refractivity contribution in [2.75, 3.05) is 39.6 Å². The number of benzene rings is 1. The topological polar surface area (TPSA) is 66.4 Å². The molecular formula is C21H36O6Si. The zero-order valence-electron chi connectivity index (χ0n) is 17.8. The van der Waals surface area contributed by atoms with E-state index in [1.165, 1.54) is 0 Å². The van der Waals surface area contributed by atoms with E-state index in [0.717, 1.165) is 43.4 Å². The number of phenols is 1. The van der Waals surface area contributed by atoms with E-state index in [-0.39, 0.29) is 5.41 Å². The van der Waals surface area contributed by atoms with Crippen LogP contribution in [0.2, 0.25) is 6.04 Å². The van der Waals surface area contributed by atoms with Crippen LogP contribution in [-0.2, 0) is 24.4 Å². The van der Waals surface area contributed by atoms with Crippen molar-refractivity contribution in [2.24, 2.45) is 5.41 Å². The Morgan fingerprint density at radius 3 is 2.18 bits per heavy atom. The van der Waals surface area contributed by atoms with Gasteiger partial charge >= 0.3 is 8.80 Å². The zero-order valence-corrected chi connectivity index (χ0v) is 18.8. The molecule has 1 aromatic rings. The maximum absolute atomic E-state index is 10.2. The first kappa shape index (κ1) is 23.2. The first-order chi connectivity index (χ1) is 13.5. The summed E-state index contributed by atoms with van der Waals surface area (Å²) in [6, 6.07) is 6.19. The van der Waals surface area contributed by atoms with Crippen molar-refractivity contribution in [3.63, 3.8) is 0 Å². The van der Waals surface area contributed by atoms with Gasteiger partial charge in [-0.05, 0) is 63.8 Å². The van der Waals surface area contributed by atoms with Crippen molar-refractivity contribution in [3.05, 3.63) is 23.8 Å². The maximum Gasteiger partial charge on any atom is 0.500 e. The van der Waals surface area contributed by atoms with Gasteiger partial charge in [0, 0.05) is 25.9 Å². The summed E-state index contributed by atoms with van der Waals surface area (Å²) in [4.78, 5) is 0. The van der Waals surface area contributed by atoms with Crippen molar-refractivity contribution in [3.8, 4) is 11.5 Å². The van der Waals surface area contributed by atoms with E-state index < -0.39 is 8.80 Å². The lowest BCUT2D eigenvalue weighted by Gasteiger charge is -2.40. The number of hydrogen-bond acceptors (Lipinski definition) is 6. The number of ether oxygens (including phenoxy) is 2. The van der Waals surface area contributed by atoms with E-state index in [0.29, 0.717) is 38.6 Å². The molecule has 1 aliphatic rings. The molecule has 2 rings (SSSR count). The molecule has 0 radical (unpaired) electrons. The van der Waals surface area contributed by atoms with E-state index in [9.17, 15) is 5.11 Å². The molecule has 160 valence electrons. The number of hydrogen-bond donors (Lipinski definition) is 1. The normalized spacial score (nSPS) is 16.0. The summed E-state index contributed by atoms with van der Waals surface area (Å²) in [5.74, 6) is 1.08. The number of rotatable bonds is 14. The third-order valence-electron chi connectivity index (χ3n) is 5.18. The van der Waals surface area contributed by atoms with Crippen LogP contribution in [-0.4, -0.2) is 53.6 Å². The Kier molecular flexibility index (Phi) is 9.23. The van der Waals surface area contributed by atoms with Crippen LogP contribution < -0.4 is 4.74 Å². The van der Waals surface area contributed by atoms with Gasteiger partial charge in [-0.1, -0.05) is 6.92 Å². The Bertz CT molecular complexity index is 568. The Hall–Kier alpha value is -1.12. The van der Waals surface area contributed by atoms with E-state index in [1.54, 1.807) is 6.07 Å². The fourth-order valence-electron chi connectivity index (χ4n) is 3.37. The molecular weight excluding hydrogens is 376 g/mol. The van der Waals surface area contributed by atoms with Gasteiger partial charge in [-0.3, -0.25) is 0 Å². The van der Waals surface area contributed by atoms with Crippen LogP contribution >= 0.6 is 0 Å². The third kappa shape index (κ3) is 6.19. The molecule has 6 nitrogen and oxygen atoms in total. The SMILES string of the molecule is CCO[Si](CCCc1cc(OCC2(CC)COC2)ccc1O)(OCC)OCC. The van der Waals surface area contributed by atoms with Gasteiger partial charge < -0.3 is 27.9 Å². The monoisotopic (exact) mass is 412 g/mol. The molecule has 1 fully saturated rings. The molecule has 1 aliphatic heterocycles. The van der Waals surface area contributed by atoms with Crippen LogP contribution in [0, 0.1) is 5.41 Å². The highest BCUT2D eigenvalue weighted by molar-refractivity contribution is 6.60. The summed E-state index contributed by atoms with van der Waals surface area (Å²) < 4.78 is 29.1. The Morgan fingerprint density at radius 1 is 1.04 bits per heavy atom. The highest BCUT2D eigenvalue weighted by atomic mass is 28.4. The predicted octanol–water partition coefficient (Wildman–Crippen LogP) is 4.18. The van der Waals surface area contributed by atoms with Gasteiger partial charge in [-0.15, -0.1) is 0 Å². The lowest BCUT2D eigenvalue weighted by molar-refractivity contribution is -0.133. The molecule has 1 aromatic carbocycles. The molecule has 0 bridgehead atoms. The van der Waals surface area contributed by atoms with Gasteiger partial charge in [0.25, 0.3) is 0 Å². The predicted molar refractivity (Wildman–Crippen MR) is 111 cm³/mol. The summed E-state index contributed by atoms with van der Waals surface area (Å²) in [6.07, 6.45) is 2.57. The molecule has 0 aromatic heterocycles. The summed E-state index contributed by atoms with van der Waals surface area (Å²) >= 11 is 0. The molecule has 1 saturated heterocycles. The van der Waals surface area contributed by atoms with Crippen LogP contribution in [0.5, 0.6) is 11.5 Å². The van der Waals surface area contributed by atoms with Crippen LogP contribution in [0.25, 0.3) is 0 Å².